The Morgan fingerprint density at radius 3 is 3.05 bits per heavy atom. The standard InChI is InChI=1S/C15H21ClN2O2/c1-11-4-5-12(9-14(11)16)18-15(19)6-7-17-10-13-3-2-8-20-13/h4-5,9,13,17H,2-3,6-8,10H2,1H3,(H,18,19). The van der Waals surface area contributed by atoms with Crippen LogP contribution in [0.4, 0.5) is 5.69 Å². The molecule has 2 rings (SSSR count). The van der Waals surface area contributed by atoms with Crippen molar-refractivity contribution in [2.45, 2.75) is 32.3 Å². The van der Waals surface area contributed by atoms with Crippen LogP contribution < -0.4 is 10.6 Å². The summed E-state index contributed by atoms with van der Waals surface area (Å²) < 4.78 is 5.50. The first-order valence-electron chi connectivity index (χ1n) is 7.03. The molecule has 1 aliphatic heterocycles. The Kier molecular flexibility index (Phi) is 5.83. The van der Waals surface area contributed by atoms with Crippen molar-refractivity contribution in [1.82, 2.24) is 5.32 Å². The fourth-order valence-electron chi connectivity index (χ4n) is 2.16. The van der Waals surface area contributed by atoms with E-state index in [-0.39, 0.29) is 5.91 Å². The summed E-state index contributed by atoms with van der Waals surface area (Å²) in [5.74, 6) is -0.00948. The molecule has 4 nitrogen and oxygen atoms in total. The molecule has 1 fully saturated rings. The van der Waals surface area contributed by atoms with Crippen LogP contribution in [0.1, 0.15) is 24.8 Å². The van der Waals surface area contributed by atoms with Crippen LogP contribution >= 0.6 is 11.6 Å². The number of carbonyl (C=O) groups is 1. The fraction of sp³-hybridized carbons (Fsp3) is 0.533. The largest absolute Gasteiger partial charge is 0.377 e. The molecule has 1 heterocycles. The third kappa shape index (κ3) is 4.78. The molecule has 1 saturated heterocycles. The van der Waals surface area contributed by atoms with Crippen LogP contribution in [-0.2, 0) is 9.53 Å². The maximum Gasteiger partial charge on any atom is 0.225 e. The van der Waals surface area contributed by atoms with Gasteiger partial charge in [-0.3, -0.25) is 4.79 Å². The van der Waals surface area contributed by atoms with Gasteiger partial charge in [0.2, 0.25) is 5.91 Å². The second-order valence-electron chi connectivity index (χ2n) is 5.10. The van der Waals surface area contributed by atoms with Crippen molar-refractivity contribution < 1.29 is 9.53 Å². The number of ether oxygens (including phenoxy) is 1. The average molecular weight is 297 g/mol. The molecular weight excluding hydrogens is 276 g/mol. The lowest BCUT2D eigenvalue weighted by molar-refractivity contribution is -0.116. The predicted octanol–water partition coefficient (Wildman–Crippen LogP) is 2.75. The highest BCUT2D eigenvalue weighted by Gasteiger charge is 2.14. The molecule has 1 aliphatic rings. The zero-order valence-electron chi connectivity index (χ0n) is 11.7. The first kappa shape index (κ1) is 15.3. The highest BCUT2D eigenvalue weighted by atomic mass is 35.5. The van der Waals surface area contributed by atoms with E-state index in [2.05, 4.69) is 10.6 Å². The van der Waals surface area contributed by atoms with Crippen molar-refractivity contribution >= 4 is 23.2 Å². The van der Waals surface area contributed by atoms with Crippen LogP contribution in [0, 0.1) is 6.92 Å². The average Bonchev–Trinajstić information content (AvgIpc) is 2.92. The van der Waals surface area contributed by atoms with Gasteiger partial charge in [-0.2, -0.15) is 0 Å². The highest BCUT2D eigenvalue weighted by molar-refractivity contribution is 6.31. The lowest BCUT2D eigenvalue weighted by Crippen LogP contribution is -2.29. The second-order valence-corrected chi connectivity index (χ2v) is 5.51. The number of hydrogen-bond acceptors (Lipinski definition) is 3. The second kappa shape index (κ2) is 7.62. The molecule has 1 unspecified atom stereocenters. The zero-order chi connectivity index (χ0) is 14.4. The number of anilines is 1. The minimum Gasteiger partial charge on any atom is -0.377 e. The van der Waals surface area contributed by atoms with Gasteiger partial charge in [0.15, 0.2) is 0 Å². The first-order valence-corrected chi connectivity index (χ1v) is 7.41. The number of halogens is 1. The molecular formula is C15H21ClN2O2. The van der Waals surface area contributed by atoms with Crippen molar-refractivity contribution in [2.24, 2.45) is 0 Å². The lowest BCUT2D eigenvalue weighted by Gasteiger charge is -2.11. The highest BCUT2D eigenvalue weighted by Crippen LogP contribution is 2.19. The molecule has 1 aromatic carbocycles. The molecule has 1 atom stereocenters. The maximum absolute atomic E-state index is 11.8. The Balaban J connectivity index is 1.65. The molecule has 5 heteroatoms. The summed E-state index contributed by atoms with van der Waals surface area (Å²) in [5.41, 5.74) is 1.74. The SMILES string of the molecule is Cc1ccc(NC(=O)CCNCC2CCCO2)cc1Cl. The van der Waals surface area contributed by atoms with Crippen LogP contribution in [-0.4, -0.2) is 31.7 Å². The summed E-state index contributed by atoms with van der Waals surface area (Å²) >= 11 is 6.02. The molecule has 0 aromatic heterocycles. The van der Waals surface area contributed by atoms with E-state index >= 15 is 0 Å². The van der Waals surface area contributed by atoms with Crippen molar-refractivity contribution in [3.63, 3.8) is 0 Å². The van der Waals surface area contributed by atoms with Crippen LogP contribution in [0.2, 0.25) is 5.02 Å². The number of benzene rings is 1. The fourth-order valence-corrected chi connectivity index (χ4v) is 2.34. The van der Waals surface area contributed by atoms with Gasteiger partial charge in [0.25, 0.3) is 0 Å². The summed E-state index contributed by atoms with van der Waals surface area (Å²) in [7, 11) is 0. The van der Waals surface area contributed by atoms with E-state index in [1.165, 1.54) is 0 Å². The molecule has 2 N–H and O–H groups in total. The van der Waals surface area contributed by atoms with Gasteiger partial charge < -0.3 is 15.4 Å². The number of amides is 1. The molecule has 1 aromatic rings. The van der Waals surface area contributed by atoms with Gasteiger partial charge in [0.05, 0.1) is 6.10 Å². The smallest absolute Gasteiger partial charge is 0.225 e. The molecule has 1 amide bonds. The van der Waals surface area contributed by atoms with E-state index in [1.807, 2.05) is 19.1 Å². The van der Waals surface area contributed by atoms with Crippen molar-refractivity contribution in [3.8, 4) is 0 Å². The van der Waals surface area contributed by atoms with E-state index in [1.54, 1.807) is 6.07 Å². The van der Waals surface area contributed by atoms with E-state index in [0.717, 1.165) is 37.2 Å². The van der Waals surface area contributed by atoms with Gasteiger partial charge in [-0.05, 0) is 37.5 Å². The minimum atomic E-state index is -0.00948. The maximum atomic E-state index is 11.8. The Morgan fingerprint density at radius 2 is 2.35 bits per heavy atom. The van der Waals surface area contributed by atoms with E-state index < -0.39 is 0 Å². The summed E-state index contributed by atoms with van der Waals surface area (Å²) in [6.45, 7) is 4.28. The number of nitrogens with one attached hydrogen (secondary N) is 2. The summed E-state index contributed by atoms with van der Waals surface area (Å²) in [6, 6.07) is 5.53. The third-order valence-corrected chi connectivity index (χ3v) is 3.79. The van der Waals surface area contributed by atoms with E-state index in [9.17, 15) is 4.79 Å². The number of rotatable bonds is 6. The van der Waals surface area contributed by atoms with Crippen LogP contribution in [0.15, 0.2) is 18.2 Å². The van der Waals surface area contributed by atoms with Gasteiger partial charge in [-0.25, -0.2) is 0 Å². The topological polar surface area (TPSA) is 50.4 Å². The number of aryl methyl sites for hydroxylation is 1. The van der Waals surface area contributed by atoms with Gasteiger partial charge in [0, 0.05) is 36.8 Å². The normalized spacial score (nSPS) is 18.2. The van der Waals surface area contributed by atoms with Gasteiger partial charge in [-0.15, -0.1) is 0 Å². The van der Waals surface area contributed by atoms with E-state index in [4.69, 9.17) is 16.3 Å². The Bertz CT molecular complexity index is 459. The van der Waals surface area contributed by atoms with Crippen LogP contribution in [0.3, 0.4) is 0 Å². The molecule has 0 bridgehead atoms. The molecule has 0 spiro atoms. The van der Waals surface area contributed by atoms with Gasteiger partial charge in [0.1, 0.15) is 0 Å². The summed E-state index contributed by atoms with van der Waals surface area (Å²) in [6.07, 6.45) is 3.01. The monoisotopic (exact) mass is 296 g/mol. The van der Waals surface area contributed by atoms with Crippen molar-refractivity contribution in [2.75, 3.05) is 25.0 Å². The first-order chi connectivity index (χ1) is 9.65. The minimum absolute atomic E-state index is 0.00948. The van der Waals surface area contributed by atoms with Crippen molar-refractivity contribution in [1.29, 1.82) is 0 Å². The lowest BCUT2D eigenvalue weighted by atomic mass is 10.2. The van der Waals surface area contributed by atoms with Crippen LogP contribution in [0.25, 0.3) is 0 Å². The van der Waals surface area contributed by atoms with Crippen molar-refractivity contribution in [3.05, 3.63) is 28.8 Å². The van der Waals surface area contributed by atoms with Gasteiger partial charge in [-0.1, -0.05) is 17.7 Å². The molecule has 0 aliphatic carbocycles. The zero-order valence-corrected chi connectivity index (χ0v) is 12.5. The molecule has 0 saturated carbocycles. The molecule has 0 radical (unpaired) electrons. The van der Waals surface area contributed by atoms with Crippen LogP contribution in [0.5, 0.6) is 0 Å². The Morgan fingerprint density at radius 1 is 1.50 bits per heavy atom. The van der Waals surface area contributed by atoms with Gasteiger partial charge >= 0.3 is 0 Å². The molecule has 110 valence electrons. The molecule has 20 heavy (non-hydrogen) atoms. The Hall–Kier alpha value is -1.10. The third-order valence-electron chi connectivity index (χ3n) is 3.38. The Labute approximate surface area is 124 Å². The van der Waals surface area contributed by atoms with E-state index in [0.29, 0.717) is 24.1 Å². The number of hydrogen-bond donors (Lipinski definition) is 2. The summed E-state index contributed by atoms with van der Waals surface area (Å²) in [5, 5.41) is 6.76. The number of carbonyl (C=O) groups excluding carboxylic acids is 1. The predicted molar refractivity (Wildman–Crippen MR) is 81.3 cm³/mol. The quantitative estimate of drug-likeness (QED) is 0.794. The summed E-state index contributed by atoms with van der Waals surface area (Å²) in [4.78, 5) is 11.8.